The molecule has 0 amide bonds. The van der Waals surface area contributed by atoms with Gasteiger partial charge in [0, 0.05) is 30.7 Å². The Balaban J connectivity index is 0.00000289. The number of fused-ring (bicyclic) bond motifs is 3. The molecular weight excluding hydrogens is 510 g/mol. The van der Waals surface area contributed by atoms with E-state index in [1.807, 2.05) is 36.4 Å². The van der Waals surface area contributed by atoms with Gasteiger partial charge in [0.05, 0.1) is 32.5 Å². The number of hydrogen-bond donors (Lipinski definition) is 1. The first-order valence-corrected chi connectivity index (χ1v) is 12.1. The molecule has 3 fully saturated rings. The third kappa shape index (κ3) is 5.32. The van der Waals surface area contributed by atoms with Crippen LogP contribution in [0.25, 0.3) is 0 Å². The minimum atomic E-state index is -1.97. The Hall–Kier alpha value is -2.61. The Morgan fingerprint density at radius 3 is 2.34 bits per heavy atom. The lowest BCUT2D eigenvalue weighted by Gasteiger charge is -2.52. The summed E-state index contributed by atoms with van der Waals surface area (Å²) in [6.45, 7) is 4.65. The summed E-state index contributed by atoms with van der Waals surface area (Å²) in [6.07, 6.45) is 4.25. The molecule has 0 radical (unpaired) electrons. The third-order valence-corrected chi connectivity index (χ3v) is 7.45. The van der Waals surface area contributed by atoms with Crippen LogP contribution in [-0.4, -0.2) is 54.4 Å². The molecule has 0 spiro atoms. The van der Waals surface area contributed by atoms with Crippen molar-refractivity contribution in [1.29, 1.82) is 0 Å². The zero-order valence-electron chi connectivity index (χ0n) is 19.7. The van der Waals surface area contributed by atoms with Gasteiger partial charge in [-0.05, 0) is 24.3 Å². The van der Waals surface area contributed by atoms with Gasteiger partial charge in [0.25, 0.3) is 0 Å². The number of rotatable bonds is 9. The Kier molecular flexibility index (Phi) is 7.99. The van der Waals surface area contributed by atoms with Gasteiger partial charge in [0.1, 0.15) is 12.3 Å². The topological polar surface area (TPSA) is 68.9 Å². The summed E-state index contributed by atoms with van der Waals surface area (Å²) < 4.78 is 18.4. The highest BCUT2D eigenvalue weighted by molar-refractivity contribution is 5.84. The van der Waals surface area contributed by atoms with E-state index in [2.05, 4.69) is 0 Å². The molecule has 1 unspecified atom stereocenters. The van der Waals surface area contributed by atoms with E-state index >= 15 is 0 Å². The van der Waals surface area contributed by atoms with Gasteiger partial charge in [0.15, 0.2) is 11.9 Å². The van der Waals surface area contributed by atoms with E-state index in [0.29, 0.717) is 18.1 Å². The van der Waals surface area contributed by atoms with Crippen molar-refractivity contribution in [1.82, 2.24) is 0 Å². The van der Waals surface area contributed by atoms with Gasteiger partial charge >= 0.3 is 5.97 Å². The molecule has 2 atom stereocenters. The molecule has 186 valence electrons. The lowest BCUT2D eigenvalue weighted by atomic mass is 9.82. The number of para-hydroxylation sites is 1. The van der Waals surface area contributed by atoms with Crippen LogP contribution in [0.3, 0.4) is 0 Å². The van der Waals surface area contributed by atoms with Crippen molar-refractivity contribution in [3.8, 4) is 5.75 Å². The smallest absolute Gasteiger partial charge is 0.351 e. The van der Waals surface area contributed by atoms with Crippen molar-refractivity contribution in [2.75, 3.05) is 32.8 Å². The van der Waals surface area contributed by atoms with E-state index in [4.69, 9.17) is 13.9 Å². The molecule has 2 aromatic carbocycles. The fraction of sp³-hybridized carbons (Fsp3) is 0.393. The zero-order chi connectivity index (χ0) is 23.4. The molecule has 7 heteroatoms. The minimum absolute atomic E-state index is 0. The standard InChI is InChI=1S/C28H32NO5.BrH/c30-27(28(31,26-13-7-19-33-26)23-9-3-1-4-10-23)34-25-21-29(17-14-22(25)15-18-29)16-8-20-32-24-11-5-2-6-12-24;/h1-7,9-13,19,22,25,31H,8,14-18,20-21H2;1H/q+1;/p-1/t22?,25-,28?,29?;/m0./s1. The van der Waals surface area contributed by atoms with Crippen LogP contribution in [0.4, 0.5) is 0 Å². The number of ether oxygens (including phenoxy) is 2. The second kappa shape index (κ2) is 11.0. The summed E-state index contributed by atoms with van der Waals surface area (Å²) >= 11 is 0. The Labute approximate surface area is 216 Å². The van der Waals surface area contributed by atoms with E-state index in [0.717, 1.165) is 55.7 Å². The van der Waals surface area contributed by atoms with Crippen molar-refractivity contribution in [3.63, 3.8) is 0 Å². The van der Waals surface area contributed by atoms with E-state index in [1.165, 1.54) is 6.26 Å². The van der Waals surface area contributed by atoms with Crippen LogP contribution >= 0.6 is 0 Å². The molecule has 3 aliphatic heterocycles. The number of nitrogens with zero attached hydrogens (tertiary/aromatic N) is 1. The molecule has 35 heavy (non-hydrogen) atoms. The molecule has 4 heterocycles. The molecule has 3 aliphatic rings. The van der Waals surface area contributed by atoms with E-state index in [-0.39, 0.29) is 28.8 Å². The van der Waals surface area contributed by atoms with E-state index < -0.39 is 11.6 Å². The van der Waals surface area contributed by atoms with Crippen LogP contribution in [0.2, 0.25) is 0 Å². The van der Waals surface area contributed by atoms with Gasteiger partial charge < -0.3 is 40.5 Å². The average molecular weight is 542 g/mol. The monoisotopic (exact) mass is 541 g/mol. The fourth-order valence-corrected chi connectivity index (χ4v) is 5.52. The Bertz CT molecular complexity index is 1070. The highest BCUT2D eigenvalue weighted by Gasteiger charge is 2.51. The van der Waals surface area contributed by atoms with Crippen LogP contribution in [0.15, 0.2) is 83.5 Å². The van der Waals surface area contributed by atoms with Gasteiger partial charge in [-0.25, -0.2) is 4.79 Å². The van der Waals surface area contributed by atoms with Gasteiger partial charge in [0.2, 0.25) is 5.60 Å². The number of piperidine rings is 3. The number of esters is 1. The second-order valence-electron chi connectivity index (χ2n) is 9.55. The maximum Gasteiger partial charge on any atom is 0.351 e. The third-order valence-electron chi connectivity index (χ3n) is 7.45. The van der Waals surface area contributed by atoms with Gasteiger partial charge in [-0.1, -0.05) is 48.5 Å². The predicted molar refractivity (Wildman–Crippen MR) is 127 cm³/mol. The van der Waals surface area contributed by atoms with Crippen molar-refractivity contribution < 1.29 is 45.3 Å². The number of aliphatic hydroxyl groups is 1. The van der Waals surface area contributed by atoms with Crippen molar-refractivity contribution in [3.05, 3.63) is 90.4 Å². The first-order valence-electron chi connectivity index (χ1n) is 12.1. The SMILES string of the molecule is O=C(O[C@H]1C[N+]2(CCCOc3ccccc3)CCC1CC2)C(O)(c1ccccc1)c1ccco1.[Br-]. The first kappa shape index (κ1) is 25.5. The second-order valence-corrected chi connectivity index (χ2v) is 9.55. The largest absolute Gasteiger partial charge is 1.00 e. The Morgan fingerprint density at radius 1 is 1.00 bits per heavy atom. The number of carbonyl (C=O) groups is 1. The number of benzene rings is 2. The van der Waals surface area contributed by atoms with Crippen molar-refractivity contribution >= 4 is 5.97 Å². The number of carbonyl (C=O) groups excluding carboxylic acids is 1. The minimum Gasteiger partial charge on any atom is -1.00 e. The van der Waals surface area contributed by atoms with Crippen LogP contribution in [0, 0.1) is 5.92 Å². The van der Waals surface area contributed by atoms with Gasteiger partial charge in [-0.15, -0.1) is 0 Å². The molecule has 6 rings (SSSR count). The molecule has 3 saturated heterocycles. The molecule has 3 aromatic rings. The summed E-state index contributed by atoms with van der Waals surface area (Å²) in [4.78, 5) is 13.5. The lowest BCUT2D eigenvalue weighted by molar-refractivity contribution is -0.946. The van der Waals surface area contributed by atoms with Crippen LogP contribution < -0.4 is 21.7 Å². The summed E-state index contributed by atoms with van der Waals surface area (Å²) in [7, 11) is 0. The molecule has 0 aliphatic carbocycles. The molecule has 1 aromatic heterocycles. The van der Waals surface area contributed by atoms with Gasteiger partial charge in [-0.3, -0.25) is 0 Å². The van der Waals surface area contributed by atoms with Crippen molar-refractivity contribution in [2.24, 2.45) is 5.92 Å². The molecule has 6 nitrogen and oxygen atoms in total. The van der Waals surface area contributed by atoms with Crippen LogP contribution in [0.5, 0.6) is 5.75 Å². The number of furan rings is 1. The molecule has 2 bridgehead atoms. The maximum absolute atomic E-state index is 13.5. The highest BCUT2D eigenvalue weighted by atomic mass is 79.9. The van der Waals surface area contributed by atoms with E-state index in [1.54, 1.807) is 36.4 Å². The average Bonchev–Trinajstić information content (AvgIpc) is 3.44. The lowest BCUT2D eigenvalue weighted by Crippen LogP contribution is -3.00. The van der Waals surface area contributed by atoms with Gasteiger partial charge in [-0.2, -0.15) is 0 Å². The number of quaternary nitrogens is 1. The highest BCUT2D eigenvalue weighted by Crippen LogP contribution is 2.38. The van der Waals surface area contributed by atoms with Crippen LogP contribution in [-0.2, 0) is 15.1 Å². The number of halogens is 1. The number of hydrogen-bond acceptors (Lipinski definition) is 5. The Morgan fingerprint density at radius 2 is 1.69 bits per heavy atom. The zero-order valence-corrected chi connectivity index (χ0v) is 21.3. The van der Waals surface area contributed by atoms with Crippen LogP contribution in [0.1, 0.15) is 30.6 Å². The van der Waals surface area contributed by atoms with Crippen molar-refractivity contribution in [2.45, 2.75) is 31.0 Å². The quantitative estimate of drug-likeness (QED) is 0.250. The summed E-state index contributed by atoms with van der Waals surface area (Å²) in [5.41, 5.74) is -1.52. The molecular formula is C28H32BrNO5. The summed E-state index contributed by atoms with van der Waals surface area (Å²) in [5.74, 6) is 0.732. The first-order chi connectivity index (χ1) is 16.6. The predicted octanol–water partition coefficient (Wildman–Crippen LogP) is 1.14. The normalized spacial score (nSPS) is 24.7. The summed E-state index contributed by atoms with van der Waals surface area (Å²) in [6, 6.07) is 22.1. The summed E-state index contributed by atoms with van der Waals surface area (Å²) in [5, 5.41) is 11.6. The fourth-order valence-electron chi connectivity index (χ4n) is 5.52. The van der Waals surface area contributed by atoms with E-state index in [9.17, 15) is 9.90 Å². The molecule has 0 saturated carbocycles. The molecule has 1 N–H and O–H groups in total. The maximum atomic E-state index is 13.5.